The fourth-order valence-electron chi connectivity index (χ4n) is 4.04. The van der Waals surface area contributed by atoms with Gasteiger partial charge in [-0.25, -0.2) is 0 Å². The van der Waals surface area contributed by atoms with Gasteiger partial charge in [0.05, 0.1) is 0 Å². The van der Waals surface area contributed by atoms with Gasteiger partial charge in [0.15, 0.2) is 0 Å². The molecule has 0 aliphatic heterocycles. The van der Waals surface area contributed by atoms with Crippen molar-refractivity contribution in [1.29, 1.82) is 0 Å². The lowest BCUT2D eigenvalue weighted by atomic mass is 10.3. The molecule has 166 valence electrons. The zero-order valence-electron chi connectivity index (χ0n) is 19.1. The molecule has 0 spiro atoms. The monoisotopic (exact) mass is 476 g/mol. The van der Waals surface area contributed by atoms with E-state index < -0.39 is 15.8 Å². The van der Waals surface area contributed by atoms with Gasteiger partial charge in [-0.3, -0.25) is 0 Å². The van der Waals surface area contributed by atoms with E-state index in [-0.39, 0.29) is 0 Å². The number of benzene rings is 5. The van der Waals surface area contributed by atoms with E-state index in [1.807, 2.05) is 0 Å². The molecule has 0 bridgehead atoms. The van der Waals surface area contributed by atoms with Crippen LogP contribution in [0.5, 0.6) is 11.5 Å². The van der Waals surface area contributed by atoms with Crippen molar-refractivity contribution < 1.29 is 4.74 Å². The molecule has 1 atom stereocenters. The number of hydrogen-bond acceptors (Lipinski definition) is 1. The Morgan fingerprint density at radius 3 is 1.32 bits per heavy atom. The minimum Gasteiger partial charge on any atom is -0.456 e. The first-order chi connectivity index (χ1) is 16.8. The zero-order chi connectivity index (χ0) is 23.2. The summed E-state index contributed by atoms with van der Waals surface area (Å²) in [5, 5.41) is 6.45. The van der Waals surface area contributed by atoms with E-state index in [9.17, 15) is 0 Å². The summed E-state index contributed by atoms with van der Waals surface area (Å²) in [5.74, 6) is 1.86. The second-order valence-electron chi connectivity index (χ2n) is 7.94. The van der Waals surface area contributed by atoms with Crippen molar-refractivity contribution in [2.75, 3.05) is 6.66 Å². The predicted octanol–water partition coefficient (Wildman–Crippen LogP) is 6.30. The van der Waals surface area contributed by atoms with E-state index in [0.717, 1.165) is 11.5 Å². The first-order valence-corrected chi connectivity index (χ1v) is 14.5. The molecule has 0 N–H and O–H groups in total. The average Bonchev–Trinajstić information content (AvgIpc) is 2.91. The highest BCUT2D eigenvalue weighted by Crippen LogP contribution is 2.39. The van der Waals surface area contributed by atoms with Gasteiger partial charge in [0, 0.05) is 10.6 Å². The summed E-state index contributed by atoms with van der Waals surface area (Å²) in [4.78, 5) is 0. The number of para-hydroxylation sites is 2. The smallest absolute Gasteiger partial charge is 0.135 e. The lowest BCUT2D eigenvalue weighted by Crippen LogP contribution is -2.22. The summed E-state index contributed by atoms with van der Waals surface area (Å²) in [6, 6.07) is 49.2. The molecule has 1 nitrogen and oxygen atoms in total. The molecule has 3 heteroatoms. The van der Waals surface area contributed by atoms with Crippen molar-refractivity contribution in [3.63, 3.8) is 0 Å². The molecule has 0 saturated heterocycles. The third-order valence-corrected chi connectivity index (χ3v) is 10.4. The van der Waals surface area contributed by atoms with Crippen LogP contribution in [0.4, 0.5) is 0 Å². The van der Waals surface area contributed by atoms with Crippen molar-refractivity contribution in [2.45, 2.75) is 0 Å². The third-order valence-electron chi connectivity index (χ3n) is 5.72. The van der Waals surface area contributed by atoms with Gasteiger partial charge in [0.1, 0.15) is 11.5 Å². The van der Waals surface area contributed by atoms with Crippen LogP contribution in [0.3, 0.4) is 0 Å². The van der Waals surface area contributed by atoms with E-state index >= 15 is 0 Å². The van der Waals surface area contributed by atoms with Crippen molar-refractivity contribution in [3.8, 4) is 11.5 Å². The maximum absolute atomic E-state index is 6.74. The molecule has 0 aromatic heterocycles. The Morgan fingerprint density at radius 1 is 0.412 bits per heavy atom. The van der Waals surface area contributed by atoms with Crippen molar-refractivity contribution >= 4 is 42.4 Å². The van der Waals surface area contributed by atoms with Crippen LogP contribution in [-0.4, -0.2) is 6.66 Å². The zero-order valence-corrected chi connectivity index (χ0v) is 20.9. The second-order valence-corrected chi connectivity index (χ2v) is 12.2. The molecule has 0 aliphatic rings. The summed E-state index contributed by atoms with van der Waals surface area (Å²) in [5.41, 5.74) is 0. The number of ether oxygens (including phenoxy) is 1. The first kappa shape index (κ1) is 22.5. The van der Waals surface area contributed by atoms with Crippen molar-refractivity contribution in [1.82, 2.24) is 0 Å². The van der Waals surface area contributed by atoms with Gasteiger partial charge in [-0.05, 0) is 50.6 Å². The van der Waals surface area contributed by atoms with Crippen LogP contribution in [0.2, 0.25) is 0 Å². The van der Waals surface area contributed by atoms with Crippen LogP contribution < -0.4 is 31.3 Å². The van der Waals surface area contributed by atoms with E-state index in [2.05, 4.69) is 146 Å². The van der Waals surface area contributed by atoms with Crippen LogP contribution >= 0.6 is 15.8 Å². The Balaban J connectivity index is 1.57. The minimum absolute atomic E-state index is 0.520. The molecule has 0 aliphatic carbocycles. The highest BCUT2D eigenvalue weighted by Gasteiger charge is 2.21. The Morgan fingerprint density at radius 2 is 0.794 bits per heavy atom. The highest BCUT2D eigenvalue weighted by atomic mass is 31.1. The van der Waals surface area contributed by atoms with Gasteiger partial charge in [-0.15, -0.1) is 0 Å². The van der Waals surface area contributed by atoms with Gasteiger partial charge in [-0.2, -0.15) is 0 Å². The Labute approximate surface area is 204 Å². The quantitative estimate of drug-likeness (QED) is 0.251. The maximum atomic E-state index is 6.74. The second kappa shape index (κ2) is 10.8. The molecule has 34 heavy (non-hydrogen) atoms. The van der Waals surface area contributed by atoms with Gasteiger partial charge in [-0.1, -0.05) is 127 Å². The van der Waals surface area contributed by atoms with Gasteiger partial charge < -0.3 is 4.74 Å². The largest absolute Gasteiger partial charge is 0.456 e. The molecule has 0 saturated carbocycles. The van der Waals surface area contributed by atoms with E-state index in [4.69, 9.17) is 4.74 Å². The number of rotatable bonds is 7. The Kier molecular flexibility index (Phi) is 7.16. The molecule has 5 aromatic rings. The SMILES string of the molecule is CP(c1ccccc1)c1ccccc1Oc1ccccc1P(c1ccccc1)c1ccccc1. The van der Waals surface area contributed by atoms with Gasteiger partial charge in [0.2, 0.25) is 0 Å². The molecular formula is C31H26OP2. The van der Waals surface area contributed by atoms with Crippen LogP contribution in [-0.2, 0) is 0 Å². The van der Waals surface area contributed by atoms with Crippen molar-refractivity contribution in [3.05, 3.63) is 140 Å². The third kappa shape index (κ3) is 4.97. The first-order valence-electron chi connectivity index (χ1n) is 11.4. The molecule has 0 fully saturated rings. The van der Waals surface area contributed by atoms with Crippen LogP contribution in [0, 0.1) is 0 Å². The Bertz CT molecular complexity index is 1300. The van der Waals surface area contributed by atoms with E-state index in [0.29, 0.717) is 0 Å². The Hall–Kier alpha value is -3.24. The summed E-state index contributed by atoms with van der Waals surface area (Å²) in [6.07, 6.45) is 0. The lowest BCUT2D eigenvalue weighted by Gasteiger charge is -2.23. The summed E-state index contributed by atoms with van der Waals surface area (Å²) < 4.78 is 6.74. The minimum atomic E-state index is -0.751. The molecule has 1 unspecified atom stereocenters. The normalized spacial score (nSPS) is 11.8. The average molecular weight is 476 g/mol. The van der Waals surface area contributed by atoms with Crippen LogP contribution in [0.25, 0.3) is 0 Å². The fraction of sp³-hybridized carbons (Fsp3) is 0.0323. The summed E-state index contributed by atoms with van der Waals surface area (Å²) in [7, 11) is -1.27. The standard InChI is InChI=1S/C31H26OP2/c1-33(25-15-5-2-6-16-25)30-23-13-11-21-28(30)32-29-22-12-14-24-31(29)34(26-17-7-3-8-18-26)27-19-9-4-10-20-27/h2-24H,1H3. The van der Waals surface area contributed by atoms with Crippen molar-refractivity contribution in [2.24, 2.45) is 0 Å². The fourth-order valence-corrected chi connectivity index (χ4v) is 8.07. The van der Waals surface area contributed by atoms with Gasteiger partial charge >= 0.3 is 0 Å². The molecule has 5 aromatic carbocycles. The van der Waals surface area contributed by atoms with E-state index in [1.165, 1.54) is 26.5 Å². The topological polar surface area (TPSA) is 9.23 Å². The number of hydrogen-bond donors (Lipinski definition) is 0. The lowest BCUT2D eigenvalue weighted by molar-refractivity contribution is 0.490. The molecule has 0 heterocycles. The van der Waals surface area contributed by atoms with Gasteiger partial charge in [0.25, 0.3) is 0 Å². The summed E-state index contributed by atoms with van der Waals surface area (Å²) in [6.45, 7) is 2.31. The molecule has 0 radical (unpaired) electrons. The predicted molar refractivity (Wildman–Crippen MR) is 150 cm³/mol. The van der Waals surface area contributed by atoms with E-state index in [1.54, 1.807) is 0 Å². The van der Waals surface area contributed by atoms with Crippen LogP contribution in [0.1, 0.15) is 0 Å². The maximum Gasteiger partial charge on any atom is 0.135 e. The summed E-state index contributed by atoms with van der Waals surface area (Å²) >= 11 is 0. The highest BCUT2D eigenvalue weighted by molar-refractivity contribution is 7.80. The molecule has 0 amide bonds. The molecular weight excluding hydrogens is 450 g/mol. The van der Waals surface area contributed by atoms with Crippen LogP contribution in [0.15, 0.2) is 140 Å². The molecule has 5 rings (SSSR count).